The minimum atomic E-state index is -0.815. The van der Waals surface area contributed by atoms with E-state index in [1.165, 1.54) is 6.92 Å². The lowest BCUT2D eigenvalue weighted by molar-refractivity contribution is -0.153. The molecule has 0 unspecified atom stereocenters. The van der Waals surface area contributed by atoms with Crippen LogP contribution in [0.2, 0.25) is 0 Å². The maximum absolute atomic E-state index is 11.1. The van der Waals surface area contributed by atoms with Crippen LogP contribution < -0.4 is 0 Å². The Balaban J connectivity index is 2.31. The number of rotatable bonds is 2. The fourth-order valence-corrected chi connectivity index (χ4v) is 3.28. The zero-order chi connectivity index (χ0) is 12.3. The molecular formula is C13H20O3. The van der Waals surface area contributed by atoms with Crippen LogP contribution >= 0.6 is 0 Å². The molecule has 0 spiro atoms. The molecule has 0 aromatic heterocycles. The van der Waals surface area contributed by atoms with Crippen molar-refractivity contribution < 1.29 is 14.3 Å². The Morgan fingerprint density at radius 1 is 1.50 bits per heavy atom. The summed E-state index contributed by atoms with van der Waals surface area (Å²) in [5, 5.41) is 0. The summed E-state index contributed by atoms with van der Waals surface area (Å²) in [7, 11) is 0. The van der Waals surface area contributed by atoms with Gasteiger partial charge in [-0.1, -0.05) is 34.3 Å². The average Bonchev–Trinajstić information content (AvgIpc) is 2.72. The number of esters is 1. The lowest BCUT2D eigenvalue weighted by atomic mass is 9.73. The molecule has 0 bridgehead atoms. The Bertz CT molecular complexity index is 356. The normalized spacial score (nSPS) is 39.8. The number of carbonyl (C=O) groups excluding carboxylic acids is 1. The maximum Gasteiger partial charge on any atom is 0.305 e. The predicted molar refractivity (Wildman–Crippen MR) is 60.6 cm³/mol. The number of hydrogen-bond acceptors (Lipinski definition) is 3. The van der Waals surface area contributed by atoms with E-state index in [9.17, 15) is 4.79 Å². The molecule has 0 aromatic carbocycles. The van der Waals surface area contributed by atoms with E-state index in [1.54, 1.807) is 0 Å². The van der Waals surface area contributed by atoms with Gasteiger partial charge in [0, 0.05) is 18.4 Å². The molecule has 3 atom stereocenters. The van der Waals surface area contributed by atoms with Crippen molar-refractivity contribution in [2.45, 2.75) is 46.5 Å². The minimum absolute atomic E-state index is 0.00102. The van der Waals surface area contributed by atoms with Crippen molar-refractivity contribution in [3.8, 4) is 0 Å². The summed E-state index contributed by atoms with van der Waals surface area (Å²) in [6, 6.07) is 0. The first-order valence-electron chi connectivity index (χ1n) is 5.80. The van der Waals surface area contributed by atoms with Crippen LogP contribution in [0.4, 0.5) is 0 Å². The summed E-state index contributed by atoms with van der Waals surface area (Å²) >= 11 is 0. The van der Waals surface area contributed by atoms with Gasteiger partial charge in [-0.15, -0.1) is 0 Å². The molecule has 0 amide bonds. The summed E-state index contributed by atoms with van der Waals surface area (Å²) in [6.45, 7) is 14.1. The third-order valence-corrected chi connectivity index (χ3v) is 3.99. The Morgan fingerprint density at radius 2 is 2.06 bits per heavy atom. The minimum Gasteiger partial charge on any atom is -0.426 e. The number of epoxide rings is 1. The largest absolute Gasteiger partial charge is 0.426 e. The van der Waals surface area contributed by atoms with Crippen LogP contribution in [0.3, 0.4) is 0 Å². The topological polar surface area (TPSA) is 38.8 Å². The fourth-order valence-electron chi connectivity index (χ4n) is 3.28. The van der Waals surface area contributed by atoms with E-state index in [1.807, 2.05) is 0 Å². The second-order valence-corrected chi connectivity index (χ2v) is 5.77. The summed E-state index contributed by atoms with van der Waals surface area (Å²) in [4.78, 5) is 11.1. The highest BCUT2D eigenvalue weighted by molar-refractivity contribution is 5.68. The van der Waals surface area contributed by atoms with Crippen molar-refractivity contribution in [1.29, 1.82) is 0 Å². The Hall–Kier alpha value is -0.830. The molecule has 1 heterocycles. The molecule has 0 aromatic rings. The van der Waals surface area contributed by atoms with Crippen molar-refractivity contribution in [1.82, 2.24) is 0 Å². The number of fused-ring (bicyclic) bond motifs is 1. The Morgan fingerprint density at radius 3 is 2.44 bits per heavy atom. The average molecular weight is 224 g/mol. The van der Waals surface area contributed by atoms with E-state index in [0.717, 1.165) is 5.57 Å². The molecule has 1 saturated carbocycles. The maximum atomic E-state index is 11.1. The first kappa shape index (κ1) is 11.6. The number of hydrogen-bond donors (Lipinski definition) is 0. The SMILES string of the molecule is C=C1C(C)(C)[C@@H](C(C)C)[C@H]2O[C@@]12OC(C)=O. The summed E-state index contributed by atoms with van der Waals surface area (Å²) in [6.07, 6.45) is -0.00102. The third-order valence-electron chi connectivity index (χ3n) is 3.99. The van der Waals surface area contributed by atoms with E-state index in [4.69, 9.17) is 9.47 Å². The second kappa shape index (κ2) is 3.10. The third kappa shape index (κ3) is 1.27. The van der Waals surface area contributed by atoms with Gasteiger partial charge in [-0.25, -0.2) is 0 Å². The van der Waals surface area contributed by atoms with Gasteiger partial charge in [-0.2, -0.15) is 0 Å². The van der Waals surface area contributed by atoms with Gasteiger partial charge < -0.3 is 9.47 Å². The number of ether oxygens (including phenoxy) is 2. The molecule has 2 fully saturated rings. The highest BCUT2D eigenvalue weighted by Crippen LogP contribution is 2.66. The van der Waals surface area contributed by atoms with Gasteiger partial charge in [0.15, 0.2) is 0 Å². The van der Waals surface area contributed by atoms with E-state index in [2.05, 4.69) is 34.3 Å². The van der Waals surface area contributed by atoms with Gasteiger partial charge in [0.25, 0.3) is 5.79 Å². The van der Waals surface area contributed by atoms with Crippen LogP contribution in [0.5, 0.6) is 0 Å². The zero-order valence-electron chi connectivity index (χ0n) is 10.7. The van der Waals surface area contributed by atoms with Crippen molar-refractivity contribution in [2.75, 3.05) is 0 Å². The molecule has 0 radical (unpaired) electrons. The van der Waals surface area contributed by atoms with E-state index < -0.39 is 5.79 Å². The van der Waals surface area contributed by atoms with Crippen molar-refractivity contribution in [2.24, 2.45) is 17.3 Å². The summed E-state index contributed by atoms with van der Waals surface area (Å²) in [5.74, 6) is -0.274. The summed E-state index contributed by atoms with van der Waals surface area (Å²) in [5.41, 5.74) is 0.867. The van der Waals surface area contributed by atoms with Crippen LogP contribution in [-0.2, 0) is 14.3 Å². The van der Waals surface area contributed by atoms with Crippen LogP contribution in [-0.4, -0.2) is 17.9 Å². The van der Waals surface area contributed by atoms with Crippen LogP contribution in [0.1, 0.15) is 34.6 Å². The molecule has 3 heteroatoms. The van der Waals surface area contributed by atoms with Gasteiger partial charge >= 0.3 is 5.97 Å². The molecule has 1 saturated heterocycles. The van der Waals surface area contributed by atoms with Gasteiger partial charge in [-0.3, -0.25) is 4.79 Å². The predicted octanol–water partition coefficient (Wildman–Crippen LogP) is 2.51. The molecule has 90 valence electrons. The van der Waals surface area contributed by atoms with E-state index in [-0.39, 0.29) is 17.5 Å². The van der Waals surface area contributed by atoms with Gasteiger partial charge in [-0.05, 0) is 11.3 Å². The molecule has 16 heavy (non-hydrogen) atoms. The van der Waals surface area contributed by atoms with Crippen molar-refractivity contribution in [3.63, 3.8) is 0 Å². The smallest absolute Gasteiger partial charge is 0.305 e. The monoisotopic (exact) mass is 224 g/mol. The van der Waals surface area contributed by atoms with Gasteiger partial charge in [0.05, 0.1) is 0 Å². The quantitative estimate of drug-likeness (QED) is 0.411. The molecular weight excluding hydrogens is 204 g/mol. The van der Waals surface area contributed by atoms with E-state index in [0.29, 0.717) is 11.8 Å². The molecule has 3 nitrogen and oxygen atoms in total. The lowest BCUT2D eigenvalue weighted by Crippen LogP contribution is -2.30. The lowest BCUT2D eigenvalue weighted by Gasteiger charge is -2.33. The standard InChI is InChI=1S/C13H20O3/c1-7(2)10-11-13(16-11,15-9(4)14)8(3)12(10,5)6/h7,10-11H,3H2,1-2,4-6H3/t10-,11+,13-/m0/s1. The van der Waals surface area contributed by atoms with Crippen LogP contribution in [0.15, 0.2) is 12.2 Å². The second-order valence-electron chi connectivity index (χ2n) is 5.77. The van der Waals surface area contributed by atoms with Crippen LogP contribution in [0, 0.1) is 17.3 Å². The Labute approximate surface area is 96.8 Å². The van der Waals surface area contributed by atoms with Crippen molar-refractivity contribution >= 4 is 5.97 Å². The van der Waals surface area contributed by atoms with Crippen LogP contribution in [0.25, 0.3) is 0 Å². The van der Waals surface area contributed by atoms with Gasteiger partial charge in [0.1, 0.15) is 6.10 Å². The highest BCUT2D eigenvalue weighted by Gasteiger charge is 2.76. The molecule has 2 aliphatic rings. The van der Waals surface area contributed by atoms with Crippen molar-refractivity contribution in [3.05, 3.63) is 12.2 Å². The molecule has 0 N–H and O–H groups in total. The first-order valence-corrected chi connectivity index (χ1v) is 5.80. The fraction of sp³-hybridized carbons (Fsp3) is 0.769. The molecule has 1 aliphatic heterocycles. The molecule has 2 rings (SSSR count). The highest BCUT2D eigenvalue weighted by atomic mass is 16.8. The zero-order valence-corrected chi connectivity index (χ0v) is 10.7. The summed E-state index contributed by atoms with van der Waals surface area (Å²) < 4.78 is 11.0. The van der Waals surface area contributed by atoms with Gasteiger partial charge in [0.2, 0.25) is 0 Å². The van der Waals surface area contributed by atoms with E-state index >= 15 is 0 Å². The first-order chi connectivity index (χ1) is 7.23. The number of carbonyl (C=O) groups is 1. The molecule has 1 aliphatic carbocycles. The Kier molecular flexibility index (Phi) is 2.26.